The van der Waals surface area contributed by atoms with Crippen LogP contribution in [0.1, 0.15) is 13.2 Å². The van der Waals surface area contributed by atoms with E-state index in [1.54, 1.807) is 0 Å². The van der Waals surface area contributed by atoms with Crippen molar-refractivity contribution >= 4 is 13.4 Å². The van der Waals surface area contributed by atoms with Crippen molar-refractivity contribution in [2.75, 3.05) is 11.9 Å². The molecular weight excluding hydrogens is 308 g/mol. The fourth-order valence-corrected chi connectivity index (χ4v) is 2.96. The van der Waals surface area contributed by atoms with E-state index < -0.39 is 43.6 Å². The maximum Gasteiger partial charge on any atom is 0.351 e. The van der Waals surface area contributed by atoms with Crippen LogP contribution in [-0.4, -0.2) is 48.5 Å². The molecule has 118 valence electrons. The molecule has 0 unspecified atom stereocenters. The largest absolute Gasteiger partial charge is 0.387 e. The van der Waals surface area contributed by atoms with Gasteiger partial charge in [0, 0.05) is 6.20 Å². The van der Waals surface area contributed by atoms with E-state index in [-0.39, 0.29) is 5.82 Å². The molecule has 1 aromatic heterocycles. The number of alkyl halides is 1. The van der Waals surface area contributed by atoms with Gasteiger partial charge in [0.05, 0.1) is 6.16 Å². The van der Waals surface area contributed by atoms with Crippen LogP contribution in [0.2, 0.25) is 0 Å². The Kier molecular flexibility index (Phi) is 3.94. The highest BCUT2D eigenvalue weighted by Crippen LogP contribution is 2.46. The van der Waals surface area contributed by atoms with Gasteiger partial charge in [0.1, 0.15) is 18.0 Å². The van der Waals surface area contributed by atoms with E-state index in [1.165, 1.54) is 6.07 Å². The number of anilines is 1. The minimum Gasteiger partial charge on any atom is -0.387 e. The molecule has 0 spiro atoms. The second kappa shape index (κ2) is 5.15. The molecule has 21 heavy (non-hydrogen) atoms. The Balaban J connectivity index is 2.36. The molecule has 1 aliphatic rings. The number of hydrogen-bond acceptors (Lipinski definition) is 6. The molecule has 1 saturated heterocycles. The average Bonchev–Trinajstić information content (AvgIpc) is 2.51. The lowest BCUT2D eigenvalue weighted by Crippen LogP contribution is -2.42. The zero-order chi connectivity index (χ0) is 16.0. The van der Waals surface area contributed by atoms with Crippen LogP contribution >= 0.6 is 7.60 Å². The van der Waals surface area contributed by atoms with Gasteiger partial charge in [-0.25, -0.2) is 9.18 Å². The van der Waals surface area contributed by atoms with E-state index in [0.29, 0.717) is 0 Å². The summed E-state index contributed by atoms with van der Waals surface area (Å²) in [7, 11) is -4.52. The smallest absolute Gasteiger partial charge is 0.351 e. The van der Waals surface area contributed by atoms with E-state index in [1.807, 2.05) is 0 Å². The highest BCUT2D eigenvalue weighted by Gasteiger charge is 2.56. The van der Waals surface area contributed by atoms with Crippen molar-refractivity contribution in [2.24, 2.45) is 0 Å². The molecule has 0 bridgehead atoms. The molecule has 0 aromatic carbocycles. The first-order valence-corrected chi connectivity index (χ1v) is 7.74. The van der Waals surface area contributed by atoms with Crippen molar-refractivity contribution in [3.63, 3.8) is 0 Å². The van der Waals surface area contributed by atoms with Crippen molar-refractivity contribution in [1.29, 1.82) is 0 Å². The average molecular weight is 323 g/mol. The zero-order valence-corrected chi connectivity index (χ0v) is 11.9. The van der Waals surface area contributed by atoms with E-state index in [9.17, 15) is 18.9 Å². The van der Waals surface area contributed by atoms with Crippen LogP contribution < -0.4 is 11.4 Å². The maximum atomic E-state index is 14.6. The van der Waals surface area contributed by atoms with Crippen LogP contribution in [-0.2, 0) is 9.30 Å². The molecule has 1 fully saturated rings. The van der Waals surface area contributed by atoms with E-state index in [2.05, 4.69) is 4.98 Å². The van der Waals surface area contributed by atoms with Crippen molar-refractivity contribution in [2.45, 2.75) is 31.0 Å². The number of nitrogens with zero attached hydrogens (tertiary/aromatic N) is 2. The summed E-state index contributed by atoms with van der Waals surface area (Å²) in [5.41, 5.74) is 2.00. The molecular formula is C10H15FN3O6P. The van der Waals surface area contributed by atoms with Gasteiger partial charge in [0.2, 0.25) is 0 Å². The third-order valence-electron chi connectivity index (χ3n) is 3.24. The van der Waals surface area contributed by atoms with Crippen LogP contribution in [0.5, 0.6) is 0 Å². The highest BCUT2D eigenvalue weighted by atomic mass is 31.2. The van der Waals surface area contributed by atoms with Gasteiger partial charge < -0.3 is 25.4 Å². The number of aliphatic hydroxyl groups excluding tert-OH is 1. The standard InChI is InChI=1S/C10H15FN3O6P/c1-10(11)7(15)5(4-21(17,18)19)20-8(10)14-3-2-6(12)13-9(14)16/h2-3,5,7-8,15H,4H2,1H3,(H2,12,13,16)(H2,17,18,19)/t5-,7+,8-,10+/m1/s1. The Morgan fingerprint density at radius 1 is 1.62 bits per heavy atom. The lowest BCUT2D eigenvalue weighted by molar-refractivity contribution is -0.0474. The van der Waals surface area contributed by atoms with Gasteiger partial charge in [-0.2, -0.15) is 4.98 Å². The first-order valence-electron chi connectivity index (χ1n) is 5.94. The van der Waals surface area contributed by atoms with E-state index in [4.69, 9.17) is 20.3 Å². The third kappa shape index (κ3) is 3.14. The SMILES string of the molecule is C[C@]1(F)[C@@H](O)[C@@H](CP(=O)(O)O)O[C@H]1n1ccc(N)nc1=O. The van der Waals surface area contributed by atoms with Gasteiger partial charge >= 0.3 is 13.3 Å². The second-order valence-electron chi connectivity index (χ2n) is 5.01. The maximum absolute atomic E-state index is 14.6. The topological polar surface area (TPSA) is 148 Å². The highest BCUT2D eigenvalue weighted by molar-refractivity contribution is 7.51. The second-order valence-corrected chi connectivity index (χ2v) is 6.71. The van der Waals surface area contributed by atoms with E-state index in [0.717, 1.165) is 17.7 Å². The van der Waals surface area contributed by atoms with Crippen LogP contribution in [0.15, 0.2) is 17.1 Å². The molecule has 0 amide bonds. The molecule has 2 heterocycles. The van der Waals surface area contributed by atoms with E-state index >= 15 is 0 Å². The molecule has 4 atom stereocenters. The number of nitrogens with two attached hydrogens (primary N) is 1. The van der Waals surface area contributed by atoms with Crippen molar-refractivity contribution in [1.82, 2.24) is 9.55 Å². The Labute approximate surface area is 118 Å². The fourth-order valence-electron chi connectivity index (χ4n) is 2.20. The van der Waals surface area contributed by atoms with Gasteiger partial charge in [-0.15, -0.1) is 0 Å². The predicted octanol–water partition coefficient (Wildman–Crippen LogP) is -1.01. The fraction of sp³-hybridized carbons (Fsp3) is 0.600. The summed E-state index contributed by atoms with van der Waals surface area (Å²) < 4.78 is 31.5. The Hall–Kier alpha value is -1.32. The van der Waals surface area contributed by atoms with Crippen LogP contribution in [0.3, 0.4) is 0 Å². The summed E-state index contributed by atoms with van der Waals surface area (Å²) in [6, 6.07) is 1.24. The number of aliphatic hydroxyl groups is 1. The normalized spacial score (nSPS) is 33.3. The van der Waals surface area contributed by atoms with Crippen LogP contribution in [0.25, 0.3) is 0 Å². The minimum atomic E-state index is -4.52. The molecule has 0 radical (unpaired) electrons. The number of aromatic nitrogens is 2. The number of halogens is 1. The molecule has 2 rings (SSSR count). The summed E-state index contributed by atoms with van der Waals surface area (Å²) >= 11 is 0. The molecule has 0 aliphatic carbocycles. The number of rotatable bonds is 3. The van der Waals surface area contributed by atoms with Crippen LogP contribution in [0.4, 0.5) is 10.2 Å². The number of ether oxygens (including phenoxy) is 1. The summed E-state index contributed by atoms with van der Waals surface area (Å²) in [5, 5.41) is 9.85. The Morgan fingerprint density at radius 3 is 2.76 bits per heavy atom. The molecule has 1 aromatic rings. The first-order chi connectivity index (χ1) is 9.52. The van der Waals surface area contributed by atoms with Gasteiger partial charge in [-0.3, -0.25) is 9.13 Å². The summed E-state index contributed by atoms with van der Waals surface area (Å²) in [4.78, 5) is 32.9. The van der Waals surface area contributed by atoms with Gasteiger partial charge in [0.15, 0.2) is 11.9 Å². The molecule has 5 N–H and O–H groups in total. The molecule has 11 heteroatoms. The van der Waals surface area contributed by atoms with Gasteiger partial charge in [-0.1, -0.05) is 0 Å². The predicted molar refractivity (Wildman–Crippen MR) is 69.3 cm³/mol. The lowest BCUT2D eigenvalue weighted by atomic mass is 9.99. The molecule has 1 aliphatic heterocycles. The Morgan fingerprint density at radius 2 is 2.24 bits per heavy atom. The molecule has 9 nitrogen and oxygen atoms in total. The van der Waals surface area contributed by atoms with Crippen molar-refractivity contribution < 1.29 is 28.6 Å². The monoisotopic (exact) mass is 323 g/mol. The lowest BCUT2D eigenvalue weighted by Gasteiger charge is -2.24. The van der Waals surface area contributed by atoms with Crippen molar-refractivity contribution in [3.05, 3.63) is 22.7 Å². The first kappa shape index (κ1) is 16.1. The number of hydrogen-bond donors (Lipinski definition) is 4. The summed E-state index contributed by atoms with van der Waals surface area (Å²) in [6.45, 7) is 0.977. The third-order valence-corrected chi connectivity index (χ3v) is 4.07. The van der Waals surface area contributed by atoms with Crippen molar-refractivity contribution in [3.8, 4) is 0 Å². The number of nitrogen functional groups attached to an aromatic ring is 1. The Bertz CT molecular complexity index is 644. The van der Waals surface area contributed by atoms with Crippen LogP contribution in [0, 0.1) is 0 Å². The molecule has 0 saturated carbocycles. The zero-order valence-electron chi connectivity index (χ0n) is 11.0. The quantitative estimate of drug-likeness (QED) is 0.517. The summed E-state index contributed by atoms with van der Waals surface area (Å²) in [6.07, 6.45) is -4.54. The minimum absolute atomic E-state index is 0.0675. The van der Waals surface area contributed by atoms with Gasteiger partial charge in [-0.05, 0) is 13.0 Å². The van der Waals surface area contributed by atoms with Gasteiger partial charge in [0.25, 0.3) is 0 Å². The summed E-state index contributed by atoms with van der Waals surface area (Å²) in [5.74, 6) is -0.0675.